The van der Waals surface area contributed by atoms with Crippen molar-refractivity contribution in [1.82, 2.24) is 15.5 Å². The molecule has 2 heterocycles. The molecule has 5 nitrogen and oxygen atoms in total. The van der Waals surface area contributed by atoms with E-state index in [4.69, 9.17) is 4.42 Å². The SMILES string of the molecule is CC(C)NCc1nnc(N2CCc3ccccc3CC2)o1. The van der Waals surface area contributed by atoms with E-state index in [0.29, 0.717) is 24.5 Å². The van der Waals surface area contributed by atoms with E-state index in [0.717, 1.165) is 25.9 Å². The van der Waals surface area contributed by atoms with Gasteiger partial charge >= 0.3 is 6.01 Å². The summed E-state index contributed by atoms with van der Waals surface area (Å²) in [5.74, 6) is 0.653. The third kappa shape index (κ3) is 3.42. The number of nitrogens with zero attached hydrogens (tertiary/aromatic N) is 3. The maximum Gasteiger partial charge on any atom is 0.318 e. The average Bonchev–Trinajstić information content (AvgIpc) is 2.85. The Kier molecular flexibility index (Phi) is 4.20. The molecule has 1 aliphatic heterocycles. The largest absolute Gasteiger partial charge is 0.407 e. The molecule has 21 heavy (non-hydrogen) atoms. The van der Waals surface area contributed by atoms with Gasteiger partial charge in [-0.15, -0.1) is 5.10 Å². The molecule has 0 fully saturated rings. The second-order valence-corrected chi connectivity index (χ2v) is 5.77. The van der Waals surface area contributed by atoms with Crippen molar-refractivity contribution < 1.29 is 4.42 Å². The molecule has 0 spiro atoms. The number of nitrogens with one attached hydrogen (secondary N) is 1. The lowest BCUT2D eigenvalue weighted by atomic mass is 10.0. The summed E-state index contributed by atoms with van der Waals surface area (Å²) >= 11 is 0. The molecule has 2 aromatic rings. The number of anilines is 1. The number of hydrogen-bond acceptors (Lipinski definition) is 5. The Balaban J connectivity index is 1.66. The number of aromatic nitrogens is 2. The Morgan fingerprint density at radius 3 is 2.43 bits per heavy atom. The fraction of sp³-hybridized carbons (Fsp3) is 0.500. The lowest BCUT2D eigenvalue weighted by Crippen LogP contribution is -2.26. The van der Waals surface area contributed by atoms with Crippen molar-refractivity contribution in [3.05, 3.63) is 41.3 Å². The summed E-state index contributed by atoms with van der Waals surface area (Å²) in [6, 6.07) is 9.69. The summed E-state index contributed by atoms with van der Waals surface area (Å²) in [5, 5.41) is 11.6. The molecule has 0 unspecified atom stereocenters. The maximum atomic E-state index is 5.77. The molecule has 0 bridgehead atoms. The summed E-state index contributed by atoms with van der Waals surface area (Å²) in [4.78, 5) is 2.19. The van der Waals surface area contributed by atoms with Gasteiger partial charge in [0, 0.05) is 19.1 Å². The van der Waals surface area contributed by atoms with Crippen LogP contribution in [0.5, 0.6) is 0 Å². The van der Waals surface area contributed by atoms with Crippen molar-refractivity contribution in [3.63, 3.8) is 0 Å². The molecule has 0 saturated heterocycles. The first kappa shape index (κ1) is 14.1. The summed E-state index contributed by atoms with van der Waals surface area (Å²) < 4.78 is 5.77. The molecule has 5 heteroatoms. The Bertz CT molecular complexity index is 566. The van der Waals surface area contributed by atoms with E-state index in [-0.39, 0.29) is 0 Å². The fourth-order valence-electron chi connectivity index (χ4n) is 2.59. The molecule has 112 valence electrons. The van der Waals surface area contributed by atoms with Crippen molar-refractivity contribution in [2.45, 2.75) is 39.3 Å². The highest BCUT2D eigenvalue weighted by molar-refractivity contribution is 5.34. The summed E-state index contributed by atoms with van der Waals surface area (Å²) in [7, 11) is 0. The van der Waals surface area contributed by atoms with Crippen LogP contribution in [0, 0.1) is 0 Å². The van der Waals surface area contributed by atoms with Crippen molar-refractivity contribution >= 4 is 6.01 Å². The molecule has 1 N–H and O–H groups in total. The van der Waals surface area contributed by atoms with Gasteiger partial charge in [0.2, 0.25) is 5.89 Å². The van der Waals surface area contributed by atoms with Crippen LogP contribution in [0.15, 0.2) is 28.7 Å². The van der Waals surface area contributed by atoms with Gasteiger partial charge in [0.15, 0.2) is 0 Å². The van der Waals surface area contributed by atoms with Gasteiger partial charge < -0.3 is 14.6 Å². The molecule has 0 amide bonds. The van der Waals surface area contributed by atoms with Crippen LogP contribution in [-0.4, -0.2) is 29.3 Å². The second-order valence-electron chi connectivity index (χ2n) is 5.77. The Morgan fingerprint density at radius 2 is 1.81 bits per heavy atom. The van der Waals surface area contributed by atoms with E-state index >= 15 is 0 Å². The summed E-state index contributed by atoms with van der Waals surface area (Å²) in [6.45, 7) is 6.68. The van der Waals surface area contributed by atoms with Crippen LogP contribution < -0.4 is 10.2 Å². The van der Waals surface area contributed by atoms with E-state index in [1.165, 1.54) is 11.1 Å². The highest BCUT2D eigenvalue weighted by Crippen LogP contribution is 2.20. The van der Waals surface area contributed by atoms with Gasteiger partial charge in [-0.3, -0.25) is 0 Å². The minimum absolute atomic E-state index is 0.410. The first-order chi connectivity index (χ1) is 10.2. The number of hydrogen-bond donors (Lipinski definition) is 1. The zero-order chi connectivity index (χ0) is 14.7. The third-order valence-electron chi connectivity index (χ3n) is 3.81. The predicted octanol–water partition coefficient (Wildman–Crippen LogP) is 2.17. The Labute approximate surface area is 125 Å². The molecule has 0 aliphatic carbocycles. The fourth-order valence-corrected chi connectivity index (χ4v) is 2.59. The standard InChI is InChI=1S/C16H22N4O/c1-12(2)17-11-15-18-19-16(21-15)20-9-7-13-5-3-4-6-14(13)8-10-20/h3-6,12,17H,7-11H2,1-2H3. The summed E-state index contributed by atoms with van der Waals surface area (Å²) in [5.41, 5.74) is 2.86. The smallest absolute Gasteiger partial charge is 0.318 e. The molecular weight excluding hydrogens is 264 g/mol. The quantitative estimate of drug-likeness (QED) is 0.933. The Morgan fingerprint density at radius 1 is 1.14 bits per heavy atom. The van der Waals surface area contributed by atoms with E-state index < -0.39 is 0 Å². The van der Waals surface area contributed by atoms with Gasteiger partial charge in [0.25, 0.3) is 0 Å². The molecule has 0 atom stereocenters. The Hall–Kier alpha value is -1.88. The molecule has 0 saturated carbocycles. The number of fused-ring (bicyclic) bond motifs is 1. The first-order valence-electron chi connectivity index (χ1n) is 7.60. The van der Waals surface area contributed by atoms with Crippen LogP contribution in [-0.2, 0) is 19.4 Å². The molecular formula is C16H22N4O. The van der Waals surface area contributed by atoms with Gasteiger partial charge in [0.1, 0.15) is 0 Å². The normalized spacial score (nSPS) is 15.1. The van der Waals surface area contributed by atoms with Crippen molar-refractivity contribution in [2.24, 2.45) is 0 Å². The van der Waals surface area contributed by atoms with Gasteiger partial charge in [0.05, 0.1) is 6.54 Å². The van der Waals surface area contributed by atoms with Crippen LogP contribution in [0.2, 0.25) is 0 Å². The number of benzene rings is 1. The average molecular weight is 286 g/mol. The van der Waals surface area contributed by atoms with E-state index in [1.54, 1.807) is 0 Å². The van der Waals surface area contributed by atoms with E-state index in [1.807, 2.05) is 0 Å². The maximum absolute atomic E-state index is 5.77. The monoisotopic (exact) mass is 286 g/mol. The van der Waals surface area contributed by atoms with Gasteiger partial charge in [-0.2, -0.15) is 0 Å². The van der Waals surface area contributed by atoms with Crippen LogP contribution >= 0.6 is 0 Å². The lowest BCUT2D eigenvalue weighted by molar-refractivity contribution is 0.446. The summed E-state index contributed by atoms with van der Waals surface area (Å²) in [6.07, 6.45) is 2.05. The van der Waals surface area contributed by atoms with Crippen LogP contribution in [0.3, 0.4) is 0 Å². The highest BCUT2D eigenvalue weighted by Gasteiger charge is 2.18. The zero-order valence-corrected chi connectivity index (χ0v) is 12.7. The van der Waals surface area contributed by atoms with E-state index in [2.05, 4.69) is 58.5 Å². The van der Waals surface area contributed by atoms with Crippen LogP contribution in [0.1, 0.15) is 30.9 Å². The molecule has 1 aromatic heterocycles. The first-order valence-corrected chi connectivity index (χ1v) is 7.60. The molecule has 3 rings (SSSR count). The minimum Gasteiger partial charge on any atom is -0.407 e. The van der Waals surface area contributed by atoms with Crippen molar-refractivity contribution in [3.8, 4) is 0 Å². The molecule has 1 aromatic carbocycles. The van der Waals surface area contributed by atoms with Gasteiger partial charge in [-0.05, 0) is 24.0 Å². The van der Waals surface area contributed by atoms with E-state index in [9.17, 15) is 0 Å². The predicted molar refractivity (Wildman–Crippen MR) is 82.3 cm³/mol. The van der Waals surface area contributed by atoms with Crippen molar-refractivity contribution in [2.75, 3.05) is 18.0 Å². The zero-order valence-electron chi connectivity index (χ0n) is 12.7. The van der Waals surface area contributed by atoms with Gasteiger partial charge in [-0.1, -0.05) is 43.2 Å². The van der Waals surface area contributed by atoms with Crippen LogP contribution in [0.4, 0.5) is 6.01 Å². The van der Waals surface area contributed by atoms with Crippen LogP contribution in [0.25, 0.3) is 0 Å². The minimum atomic E-state index is 0.410. The second kappa shape index (κ2) is 6.26. The van der Waals surface area contributed by atoms with Gasteiger partial charge in [-0.25, -0.2) is 0 Å². The third-order valence-corrected chi connectivity index (χ3v) is 3.81. The van der Waals surface area contributed by atoms with Crippen molar-refractivity contribution in [1.29, 1.82) is 0 Å². The topological polar surface area (TPSA) is 54.2 Å². The number of rotatable bonds is 4. The lowest BCUT2D eigenvalue weighted by Gasteiger charge is -2.16. The highest BCUT2D eigenvalue weighted by atomic mass is 16.4. The molecule has 0 radical (unpaired) electrons. The molecule has 1 aliphatic rings.